The molecule has 1 amide bonds. The second kappa shape index (κ2) is 9.90. The minimum atomic E-state index is -0.132. The summed E-state index contributed by atoms with van der Waals surface area (Å²) >= 11 is 7.54. The number of carbonyl (C=O) groups is 1. The zero-order valence-electron chi connectivity index (χ0n) is 21.3. The van der Waals surface area contributed by atoms with Crippen LogP contribution in [0.3, 0.4) is 0 Å². The Bertz CT molecular complexity index is 1400. The van der Waals surface area contributed by atoms with Crippen molar-refractivity contribution < 1.29 is 4.79 Å². The first kappa shape index (κ1) is 24.5. The molecule has 3 aromatic rings. The van der Waals surface area contributed by atoms with Crippen LogP contribution < -0.4 is 10.9 Å². The number of fused-ring (bicyclic) bond motifs is 6. The minimum absolute atomic E-state index is 0.0570. The molecular weight excluding hydrogens is 518 g/mol. The van der Waals surface area contributed by atoms with Gasteiger partial charge in [-0.2, -0.15) is 0 Å². The van der Waals surface area contributed by atoms with E-state index in [-0.39, 0.29) is 23.4 Å². The van der Waals surface area contributed by atoms with Gasteiger partial charge < -0.3 is 15.1 Å². The van der Waals surface area contributed by atoms with Crippen molar-refractivity contribution in [3.8, 4) is 16.4 Å². The zero-order chi connectivity index (χ0) is 25.8. The Balaban J connectivity index is 1.30. The monoisotopic (exact) mass is 549 g/mol. The van der Waals surface area contributed by atoms with E-state index in [0.717, 1.165) is 81.9 Å². The van der Waals surface area contributed by atoms with Crippen molar-refractivity contribution in [2.45, 2.75) is 37.6 Å². The van der Waals surface area contributed by atoms with Crippen LogP contribution in [-0.4, -0.2) is 70.6 Å². The Morgan fingerprint density at radius 1 is 0.921 bits per heavy atom. The quantitative estimate of drug-likeness (QED) is 0.515. The number of pyridine rings is 1. The van der Waals surface area contributed by atoms with Crippen molar-refractivity contribution in [1.29, 1.82) is 0 Å². The fourth-order valence-electron chi connectivity index (χ4n) is 7.08. The smallest absolute Gasteiger partial charge is 0.257 e. The summed E-state index contributed by atoms with van der Waals surface area (Å²) < 4.78 is 1.74. The molecule has 0 spiro atoms. The van der Waals surface area contributed by atoms with Crippen LogP contribution in [0.1, 0.15) is 47.7 Å². The van der Waals surface area contributed by atoms with E-state index < -0.39 is 0 Å². The lowest BCUT2D eigenvalue weighted by atomic mass is 9.76. The summed E-state index contributed by atoms with van der Waals surface area (Å²) in [7, 11) is 0. The van der Waals surface area contributed by atoms with Gasteiger partial charge in [0.25, 0.3) is 11.5 Å². The number of amides is 1. The van der Waals surface area contributed by atoms with Crippen LogP contribution in [0.2, 0.25) is 5.02 Å². The van der Waals surface area contributed by atoms with Crippen molar-refractivity contribution in [2.75, 3.05) is 39.3 Å². The molecule has 1 aromatic carbocycles. The van der Waals surface area contributed by atoms with E-state index in [0.29, 0.717) is 27.6 Å². The molecule has 0 saturated carbocycles. The molecule has 6 aliphatic rings. The van der Waals surface area contributed by atoms with Gasteiger partial charge in [0, 0.05) is 52.8 Å². The molecular formula is C29H32ClN5O2S. The van der Waals surface area contributed by atoms with E-state index >= 15 is 0 Å². The first-order valence-corrected chi connectivity index (χ1v) is 15.0. The maximum atomic E-state index is 13.9. The van der Waals surface area contributed by atoms with Crippen LogP contribution >= 0.6 is 22.9 Å². The summed E-state index contributed by atoms with van der Waals surface area (Å²) in [5.74, 6) is 1.07. The van der Waals surface area contributed by atoms with E-state index in [4.69, 9.17) is 16.6 Å². The highest BCUT2D eigenvalue weighted by molar-refractivity contribution is 7.12. The number of nitrogens with zero attached hydrogens (tertiary/aromatic N) is 4. The molecule has 2 atom stereocenters. The molecule has 0 radical (unpaired) electrons. The molecule has 6 aliphatic heterocycles. The van der Waals surface area contributed by atoms with E-state index in [1.54, 1.807) is 16.7 Å². The number of hydrogen-bond acceptors (Lipinski definition) is 6. The van der Waals surface area contributed by atoms with Gasteiger partial charge in [-0.05, 0) is 81.9 Å². The Morgan fingerprint density at radius 3 is 2.24 bits per heavy atom. The third kappa shape index (κ3) is 4.41. The summed E-state index contributed by atoms with van der Waals surface area (Å²) in [5, 5.41) is 6.65. The Kier molecular flexibility index (Phi) is 6.39. The Hall–Kier alpha value is -2.52. The normalized spacial score (nSPS) is 29.9. The number of hydrogen-bond donors (Lipinski definition) is 1. The largest absolute Gasteiger partial charge is 0.348 e. The molecule has 1 N–H and O–H groups in total. The SMILES string of the molecule is O=C(NC1CN2CCC1CC2)c1ccc(=O)n(-c2nc(-c3ccc(Cl)cc3)cs2)c1C1CN2CCC1CC2. The first-order chi connectivity index (χ1) is 18.5. The zero-order valence-corrected chi connectivity index (χ0v) is 22.9. The lowest BCUT2D eigenvalue weighted by Crippen LogP contribution is -2.57. The number of halogens is 1. The number of aromatic nitrogens is 2. The average molecular weight is 550 g/mol. The van der Waals surface area contributed by atoms with E-state index in [1.807, 2.05) is 29.6 Å². The molecule has 2 unspecified atom stereocenters. The highest BCUT2D eigenvalue weighted by Gasteiger charge is 2.40. The number of nitrogens with one attached hydrogen (secondary N) is 1. The average Bonchev–Trinajstić information content (AvgIpc) is 3.44. The molecule has 7 nitrogen and oxygen atoms in total. The fraction of sp³-hybridized carbons (Fsp3) is 0.483. The van der Waals surface area contributed by atoms with Gasteiger partial charge in [-0.25, -0.2) is 4.98 Å². The summed E-state index contributed by atoms with van der Waals surface area (Å²) in [6, 6.07) is 11.0. The predicted molar refractivity (Wildman–Crippen MR) is 150 cm³/mol. The van der Waals surface area contributed by atoms with E-state index in [9.17, 15) is 9.59 Å². The highest BCUT2D eigenvalue weighted by atomic mass is 35.5. The summed E-state index contributed by atoms with van der Waals surface area (Å²) in [6.45, 7) is 6.25. The standard InChI is InChI=1S/C29H32ClN5O2S/c30-21-3-1-19(2-4-21)25-17-38-29(32-25)35-26(36)6-5-22(27(35)23-15-33-11-7-18(23)8-12-33)28(37)31-24-16-34-13-9-20(24)10-14-34/h1-6,17-18,20,23-24H,7-16H2,(H,31,37). The molecule has 4 bridgehead atoms. The lowest BCUT2D eigenvalue weighted by Gasteiger charge is -2.46. The van der Waals surface area contributed by atoms with Crippen LogP contribution in [0, 0.1) is 11.8 Å². The van der Waals surface area contributed by atoms with Crippen molar-refractivity contribution in [2.24, 2.45) is 11.8 Å². The van der Waals surface area contributed by atoms with Crippen molar-refractivity contribution in [3.63, 3.8) is 0 Å². The van der Waals surface area contributed by atoms with Crippen molar-refractivity contribution in [3.05, 3.63) is 68.4 Å². The molecule has 38 heavy (non-hydrogen) atoms. The maximum Gasteiger partial charge on any atom is 0.257 e. The first-order valence-electron chi connectivity index (χ1n) is 13.8. The van der Waals surface area contributed by atoms with Gasteiger partial charge in [0.1, 0.15) is 0 Å². The van der Waals surface area contributed by atoms with Crippen LogP contribution in [0.5, 0.6) is 0 Å². The highest BCUT2D eigenvalue weighted by Crippen LogP contribution is 2.41. The summed E-state index contributed by atoms with van der Waals surface area (Å²) in [5.41, 5.74) is 3.08. The van der Waals surface area contributed by atoms with Crippen LogP contribution in [-0.2, 0) is 0 Å². The molecule has 6 fully saturated rings. The molecule has 0 aliphatic carbocycles. The lowest BCUT2D eigenvalue weighted by molar-refractivity contribution is 0.0613. The van der Waals surface area contributed by atoms with Crippen LogP contribution in [0.4, 0.5) is 0 Å². The van der Waals surface area contributed by atoms with Gasteiger partial charge in [-0.3, -0.25) is 14.2 Å². The maximum absolute atomic E-state index is 13.9. The number of piperidine rings is 6. The van der Waals surface area contributed by atoms with Gasteiger partial charge >= 0.3 is 0 Å². The third-order valence-electron chi connectivity index (χ3n) is 9.18. The Labute approximate surface area is 231 Å². The van der Waals surface area contributed by atoms with Gasteiger partial charge in [0.2, 0.25) is 0 Å². The number of rotatable bonds is 5. The molecule has 9 rings (SSSR count). The fourth-order valence-corrected chi connectivity index (χ4v) is 8.05. The Morgan fingerprint density at radius 2 is 1.61 bits per heavy atom. The van der Waals surface area contributed by atoms with Crippen molar-refractivity contribution >= 4 is 28.8 Å². The topological polar surface area (TPSA) is 70.5 Å². The van der Waals surface area contributed by atoms with Gasteiger partial charge in [-0.15, -0.1) is 11.3 Å². The molecule has 198 valence electrons. The predicted octanol–water partition coefficient (Wildman–Crippen LogP) is 4.25. The molecule has 6 saturated heterocycles. The van der Waals surface area contributed by atoms with Gasteiger partial charge in [0.15, 0.2) is 5.13 Å². The van der Waals surface area contributed by atoms with Gasteiger partial charge in [-0.1, -0.05) is 23.7 Å². The van der Waals surface area contributed by atoms with E-state index in [1.165, 1.54) is 11.3 Å². The van der Waals surface area contributed by atoms with Gasteiger partial charge in [0.05, 0.1) is 11.3 Å². The molecule has 9 heteroatoms. The second-order valence-electron chi connectivity index (χ2n) is 11.3. The van der Waals surface area contributed by atoms with Crippen LogP contribution in [0.15, 0.2) is 46.6 Å². The minimum Gasteiger partial charge on any atom is -0.348 e. The third-order valence-corrected chi connectivity index (χ3v) is 10.3. The second-order valence-corrected chi connectivity index (χ2v) is 12.6. The molecule has 8 heterocycles. The molecule has 2 aromatic heterocycles. The number of thiazole rings is 1. The summed E-state index contributed by atoms with van der Waals surface area (Å²) in [4.78, 5) is 37.3. The summed E-state index contributed by atoms with van der Waals surface area (Å²) in [6.07, 6.45) is 4.48. The van der Waals surface area contributed by atoms with Crippen molar-refractivity contribution in [1.82, 2.24) is 24.7 Å². The number of benzene rings is 1. The number of carbonyl (C=O) groups excluding carboxylic acids is 1. The van der Waals surface area contributed by atoms with E-state index in [2.05, 4.69) is 15.1 Å². The van der Waals surface area contributed by atoms with Crippen LogP contribution in [0.25, 0.3) is 16.4 Å².